The molecule has 2 aromatic rings. The predicted molar refractivity (Wildman–Crippen MR) is 87.7 cm³/mol. The average Bonchev–Trinajstić information content (AvgIpc) is 2.59. The smallest absolute Gasteiger partial charge is 0.335 e. The predicted octanol–water partition coefficient (Wildman–Crippen LogP) is 2.61. The van der Waals surface area contributed by atoms with E-state index in [0.29, 0.717) is 13.0 Å². The van der Waals surface area contributed by atoms with E-state index in [0.717, 1.165) is 16.9 Å². The van der Waals surface area contributed by atoms with Crippen LogP contribution in [0.1, 0.15) is 33.9 Å². The number of carbonyl (C=O) groups is 1. The fourth-order valence-corrected chi connectivity index (χ4v) is 2.36. The maximum atomic E-state index is 10.8. The number of aliphatic hydroxyl groups is 1. The fourth-order valence-electron chi connectivity index (χ4n) is 2.36. The molecule has 0 fully saturated rings. The van der Waals surface area contributed by atoms with Gasteiger partial charge in [-0.2, -0.15) is 0 Å². The Morgan fingerprint density at radius 1 is 1.13 bits per heavy atom. The van der Waals surface area contributed by atoms with Crippen molar-refractivity contribution >= 4 is 5.97 Å². The van der Waals surface area contributed by atoms with Crippen LogP contribution in [0.4, 0.5) is 0 Å². The molecule has 0 aliphatic rings. The minimum atomic E-state index is -0.930. The Morgan fingerprint density at radius 2 is 1.78 bits per heavy atom. The Balaban J connectivity index is 2.02. The van der Waals surface area contributed by atoms with E-state index in [1.54, 1.807) is 31.4 Å². The fraction of sp³-hybridized carbons (Fsp3) is 0.278. The summed E-state index contributed by atoms with van der Waals surface area (Å²) in [6, 6.07) is 14.5. The molecule has 0 saturated carbocycles. The molecule has 1 unspecified atom stereocenters. The van der Waals surface area contributed by atoms with Crippen molar-refractivity contribution in [2.45, 2.75) is 19.0 Å². The van der Waals surface area contributed by atoms with Gasteiger partial charge in [0.2, 0.25) is 0 Å². The van der Waals surface area contributed by atoms with Gasteiger partial charge in [-0.3, -0.25) is 0 Å². The minimum Gasteiger partial charge on any atom is -0.497 e. The van der Waals surface area contributed by atoms with E-state index in [4.69, 9.17) is 9.84 Å². The van der Waals surface area contributed by atoms with Gasteiger partial charge >= 0.3 is 5.97 Å². The third-order valence-electron chi connectivity index (χ3n) is 3.69. The SMILES string of the molecule is COc1ccc(C(CCO)NCc2ccc(C(=O)O)cc2)cc1. The molecule has 3 N–H and O–H groups in total. The largest absolute Gasteiger partial charge is 0.497 e. The van der Waals surface area contributed by atoms with Crippen molar-refractivity contribution in [3.8, 4) is 5.75 Å². The monoisotopic (exact) mass is 315 g/mol. The molecular formula is C18H21NO4. The Bertz CT molecular complexity index is 622. The number of aromatic carboxylic acids is 1. The number of nitrogens with one attached hydrogen (secondary N) is 1. The second-order valence-electron chi connectivity index (χ2n) is 5.22. The molecule has 0 radical (unpaired) electrons. The average molecular weight is 315 g/mol. The summed E-state index contributed by atoms with van der Waals surface area (Å²) >= 11 is 0. The first-order valence-electron chi connectivity index (χ1n) is 7.44. The molecule has 122 valence electrons. The van der Waals surface area contributed by atoms with E-state index in [9.17, 15) is 9.90 Å². The van der Waals surface area contributed by atoms with Crippen molar-refractivity contribution in [1.29, 1.82) is 0 Å². The Morgan fingerprint density at radius 3 is 2.30 bits per heavy atom. The first kappa shape index (κ1) is 17.0. The lowest BCUT2D eigenvalue weighted by Gasteiger charge is -2.19. The van der Waals surface area contributed by atoms with E-state index in [2.05, 4.69) is 5.32 Å². The number of benzene rings is 2. The van der Waals surface area contributed by atoms with Crippen LogP contribution in [-0.4, -0.2) is 29.9 Å². The van der Waals surface area contributed by atoms with Crippen LogP contribution in [0.2, 0.25) is 0 Å². The summed E-state index contributed by atoms with van der Waals surface area (Å²) < 4.78 is 5.15. The quantitative estimate of drug-likeness (QED) is 0.698. The zero-order valence-corrected chi connectivity index (χ0v) is 13.0. The molecule has 0 amide bonds. The van der Waals surface area contributed by atoms with Crippen molar-refractivity contribution < 1.29 is 19.7 Å². The molecule has 0 bridgehead atoms. The number of rotatable bonds is 8. The van der Waals surface area contributed by atoms with Crippen LogP contribution in [0.5, 0.6) is 5.75 Å². The third kappa shape index (κ3) is 4.81. The number of hydrogen-bond donors (Lipinski definition) is 3. The number of carboxylic acids is 1. The molecule has 2 rings (SSSR count). The number of hydrogen-bond acceptors (Lipinski definition) is 4. The van der Waals surface area contributed by atoms with Crippen molar-refractivity contribution in [3.63, 3.8) is 0 Å². The molecule has 23 heavy (non-hydrogen) atoms. The highest BCUT2D eigenvalue weighted by molar-refractivity contribution is 5.87. The van der Waals surface area contributed by atoms with Crippen molar-refractivity contribution in [1.82, 2.24) is 5.32 Å². The van der Waals surface area contributed by atoms with Gasteiger partial charge in [0.05, 0.1) is 12.7 Å². The molecule has 0 aliphatic heterocycles. The molecule has 2 aromatic carbocycles. The van der Waals surface area contributed by atoms with Gasteiger partial charge in [-0.1, -0.05) is 24.3 Å². The highest BCUT2D eigenvalue weighted by atomic mass is 16.5. The lowest BCUT2D eigenvalue weighted by Crippen LogP contribution is -2.22. The molecule has 5 heteroatoms. The summed E-state index contributed by atoms with van der Waals surface area (Å²) in [6.07, 6.45) is 0.597. The van der Waals surface area contributed by atoms with Gasteiger partial charge in [-0.15, -0.1) is 0 Å². The van der Waals surface area contributed by atoms with E-state index in [-0.39, 0.29) is 18.2 Å². The standard InChI is InChI=1S/C18H21NO4/c1-23-16-8-6-14(7-9-16)17(10-11-20)19-12-13-2-4-15(5-3-13)18(21)22/h2-9,17,19-20H,10-12H2,1H3,(H,21,22). The molecule has 1 atom stereocenters. The van der Waals surface area contributed by atoms with Crippen LogP contribution >= 0.6 is 0 Å². The van der Waals surface area contributed by atoms with Gasteiger partial charge in [-0.25, -0.2) is 4.79 Å². The highest BCUT2D eigenvalue weighted by Crippen LogP contribution is 2.20. The number of methoxy groups -OCH3 is 1. The van der Waals surface area contributed by atoms with Crippen LogP contribution in [-0.2, 0) is 6.54 Å². The first-order chi connectivity index (χ1) is 11.1. The summed E-state index contributed by atoms with van der Waals surface area (Å²) in [5.41, 5.74) is 2.34. The Labute approximate surface area is 135 Å². The van der Waals surface area contributed by atoms with Crippen LogP contribution in [0.15, 0.2) is 48.5 Å². The van der Waals surface area contributed by atoms with Crippen LogP contribution in [0.3, 0.4) is 0 Å². The summed E-state index contributed by atoms with van der Waals surface area (Å²) in [7, 11) is 1.62. The molecule has 0 heterocycles. The van der Waals surface area contributed by atoms with Crippen molar-refractivity contribution in [3.05, 3.63) is 65.2 Å². The lowest BCUT2D eigenvalue weighted by atomic mass is 10.0. The summed E-state index contributed by atoms with van der Waals surface area (Å²) in [6.45, 7) is 0.679. The van der Waals surface area contributed by atoms with Gasteiger partial charge in [0.1, 0.15) is 5.75 Å². The van der Waals surface area contributed by atoms with Crippen LogP contribution in [0, 0.1) is 0 Å². The van der Waals surface area contributed by atoms with Gasteiger partial charge in [-0.05, 0) is 41.8 Å². The summed E-state index contributed by atoms with van der Waals surface area (Å²) in [5, 5.41) is 21.6. The Kier molecular flexibility index (Phi) is 6.14. The van der Waals surface area contributed by atoms with E-state index in [1.807, 2.05) is 24.3 Å². The van der Waals surface area contributed by atoms with E-state index in [1.165, 1.54) is 0 Å². The van der Waals surface area contributed by atoms with Gasteiger partial charge < -0.3 is 20.3 Å². The molecule has 0 aromatic heterocycles. The zero-order chi connectivity index (χ0) is 16.7. The topological polar surface area (TPSA) is 78.8 Å². The van der Waals surface area contributed by atoms with E-state index < -0.39 is 5.97 Å². The second-order valence-corrected chi connectivity index (χ2v) is 5.22. The maximum absolute atomic E-state index is 10.8. The minimum absolute atomic E-state index is 0.0186. The zero-order valence-electron chi connectivity index (χ0n) is 13.0. The van der Waals surface area contributed by atoms with Crippen LogP contribution < -0.4 is 10.1 Å². The Hall–Kier alpha value is -2.37. The molecule has 0 spiro atoms. The van der Waals surface area contributed by atoms with Crippen molar-refractivity contribution in [2.24, 2.45) is 0 Å². The van der Waals surface area contributed by atoms with Gasteiger partial charge in [0, 0.05) is 19.2 Å². The lowest BCUT2D eigenvalue weighted by molar-refractivity contribution is 0.0697. The van der Waals surface area contributed by atoms with Crippen molar-refractivity contribution in [2.75, 3.05) is 13.7 Å². The molecular weight excluding hydrogens is 294 g/mol. The third-order valence-corrected chi connectivity index (χ3v) is 3.69. The molecule has 0 saturated heterocycles. The van der Waals surface area contributed by atoms with Crippen LogP contribution in [0.25, 0.3) is 0 Å². The number of carboxylic acid groups (broad SMARTS) is 1. The number of aliphatic hydroxyl groups excluding tert-OH is 1. The normalized spacial score (nSPS) is 11.9. The molecule has 0 aliphatic carbocycles. The molecule has 5 nitrogen and oxygen atoms in total. The van der Waals surface area contributed by atoms with E-state index >= 15 is 0 Å². The summed E-state index contributed by atoms with van der Waals surface area (Å²) in [5.74, 6) is -0.137. The first-order valence-corrected chi connectivity index (χ1v) is 7.44. The maximum Gasteiger partial charge on any atom is 0.335 e. The number of ether oxygens (including phenoxy) is 1. The highest BCUT2D eigenvalue weighted by Gasteiger charge is 2.11. The second kappa shape index (κ2) is 8.31. The van der Waals surface area contributed by atoms with Gasteiger partial charge in [0.25, 0.3) is 0 Å². The van der Waals surface area contributed by atoms with Gasteiger partial charge in [0.15, 0.2) is 0 Å². The summed E-state index contributed by atoms with van der Waals surface area (Å²) in [4.78, 5) is 10.8.